The molecule has 3 aromatic rings. The van der Waals surface area contributed by atoms with E-state index in [0.29, 0.717) is 19.2 Å². The molecule has 0 saturated heterocycles. The Morgan fingerprint density at radius 3 is 2.81 bits per heavy atom. The van der Waals surface area contributed by atoms with Crippen LogP contribution in [0.5, 0.6) is 5.75 Å². The highest BCUT2D eigenvalue weighted by atomic mass is 35.5. The van der Waals surface area contributed by atoms with Gasteiger partial charge in [-0.05, 0) is 37.1 Å². The summed E-state index contributed by atoms with van der Waals surface area (Å²) in [6.07, 6.45) is 6.02. The Hall–Kier alpha value is -2.86. The molecule has 2 N–H and O–H groups in total. The second kappa shape index (κ2) is 8.68. The number of benzene rings is 1. The SMILES string of the molecule is O=C(C[n+]1cccc(-c2cc(COc3ccccc3)[nH]n2)c1)NC1CC1.[Cl-]. The number of aromatic nitrogens is 3. The number of amides is 1. The highest BCUT2D eigenvalue weighted by Gasteiger charge is 2.24. The van der Waals surface area contributed by atoms with Crippen molar-refractivity contribution in [2.45, 2.75) is 32.0 Å². The van der Waals surface area contributed by atoms with E-state index in [4.69, 9.17) is 4.74 Å². The Morgan fingerprint density at radius 1 is 1.22 bits per heavy atom. The topological polar surface area (TPSA) is 70.9 Å². The van der Waals surface area contributed by atoms with E-state index in [2.05, 4.69) is 15.5 Å². The minimum atomic E-state index is 0. The minimum Gasteiger partial charge on any atom is -1.00 e. The Balaban J connectivity index is 0.00000210. The average Bonchev–Trinajstić information content (AvgIpc) is 3.34. The zero-order valence-electron chi connectivity index (χ0n) is 14.8. The van der Waals surface area contributed by atoms with Crippen LogP contribution in [-0.2, 0) is 17.9 Å². The van der Waals surface area contributed by atoms with E-state index in [-0.39, 0.29) is 18.3 Å². The van der Waals surface area contributed by atoms with E-state index < -0.39 is 0 Å². The van der Waals surface area contributed by atoms with Crippen LogP contribution in [0.15, 0.2) is 60.9 Å². The second-order valence-electron chi connectivity index (χ2n) is 6.49. The maximum Gasteiger partial charge on any atom is 0.286 e. The van der Waals surface area contributed by atoms with E-state index in [1.807, 2.05) is 65.5 Å². The third kappa shape index (κ3) is 5.31. The van der Waals surface area contributed by atoms with E-state index in [9.17, 15) is 4.79 Å². The summed E-state index contributed by atoms with van der Waals surface area (Å²) in [7, 11) is 0. The lowest BCUT2D eigenvalue weighted by atomic mass is 10.2. The van der Waals surface area contributed by atoms with Gasteiger partial charge in [0.25, 0.3) is 5.91 Å². The number of hydrogen-bond acceptors (Lipinski definition) is 3. The molecule has 4 rings (SSSR count). The van der Waals surface area contributed by atoms with Crippen LogP contribution in [0, 0.1) is 0 Å². The van der Waals surface area contributed by atoms with Crippen molar-refractivity contribution in [3.05, 3.63) is 66.6 Å². The summed E-state index contributed by atoms with van der Waals surface area (Å²) in [5, 5.41) is 10.4. The average molecular weight is 385 g/mol. The molecule has 0 aliphatic heterocycles. The van der Waals surface area contributed by atoms with E-state index >= 15 is 0 Å². The number of ether oxygens (including phenoxy) is 1. The van der Waals surface area contributed by atoms with Crippen LogP contribution in [0.25, 0.3) is 11.3 Å². The summed E-state index contributed by atoms with van der Waals surface area (Å²) < 4.78 is 7.61. The van der Waals surface area contributed by atoms with Crippen LogP contribution in [0.4, 0.5) is 0 Å². The van der Waals surface area contributed by atoms with Gasteiger partial charge in [0.2, 0.25) is 6.54 Å². The zero-order chi connectivity index (χ0) is 17.8. The van der Waals surface area contributed by atoms with Gasteiger partial charge in [0, 0.05) is 12.1 Å². The number of nitrogens with zero attached hydrogens (tertiary/aromatic N) is 2. The van der Waals surface area contributed by atoms with Crippen molar-refractivity contribution >= 4 is 5.91 Å². The molecule has 0 spiro atoms. The second-order valence-corrected chi connectivity index (χ2v) is 6.49. The zero-order valence-corrected chi connectivity index (χ0v) is 15.5. The lowest BCUT2D eigenvalue weighted by molar-refractivity contribution is -0.684. The molecule has 6 nitrogen and oxygen atoms in total. The predicted octanol–water partition coefficient (Wildman–Crippen LogP) is -0.774. The van der Waals surface area contributed by atoms with Crippen LogP contribution in [0.3, 0.4) is 0 Å². The van der Waals surface area contributed by atoms with Crippen LogP contribution in [0.1, 0.15) is 18.5 Å². The summed E-state index contributed by atoms with van der Waals surface area (Å²) in [5.41, 5.74) is 2.67. The summed E-state index contributed by atoms with van der Waals surface area (Å²) >= 11 is 0. The monoisotopic (exact) mass is 384 g/mol. The smallest absolute Gasteiger partial charge is 0.286 e. The van der Waals surface area contributed by atoms with Crippen molar-refractivity contribution in [1.82, 2.24) is 15.5 Å². The maximum atomic E-state index is 12.0. The van der Waals surface area contributed by atoms with Gasteiger partial charge in [-0.1, -0.05) is 18.2 Å². The van der Waals surface area contributed by atoms with Crippen molar-refractivity contribution < 1.29 is 26.5 Å². The molecule has 0 radical (unpaired) electrons. The molecule has 140 valence electrons. The number of aromatic amines is 1. The predicted molar refractivity (Wildman–Crippen MR) is 96.2 cm³/mol. The summed E-state index contributed by atoms with van der Waals surface area (Å²) in [6, 6.07) is 15.9. The Labute approximate surface area is 164 Å². The number of para-hydroxylation sites is 1. The third-order valence-electron chi connectivity index (χ3n) is 4.19. The number of carbonyl (C=O) groups is 1. The van der Waals surface area contributed by atoms with Crippen LogP contribution in [0.2, 0.25) is 0 Å². The van der Waals surface area contributed by atoms with Crippen LogP contribution < -0.4 is 27.0 Å². The third-order valence-corrected chi connectivity index (χ3v) is 4.19. The number of hydrogen-bond donors (Lipinski definition) is 2. The number of rotatable bonds is 7. The number of halogens is 1. The van der Waals surface area contributed by atoms with Crippen LogP contribution in [-0.4, -0.2) is 22.1 Å². The van der Waals surface area contributed by atoms with Crippen molar-refractivity contribution in [3.63, 3.8) is 0 Å². The van der Waals surface area contributed by atoms with Gasteiger partial charge in [-0.15, -0.1) is 0 Å². The lowest BCUT2D eigenvalue weighted by Gasteiger charge is -2.03. The highest BCUT2D eigenvalue weighted by Crippen LogP contribution is 2.19. The Morgan fingerprint density at radius 2 is 2.04 bits per heavy atom. The molecule has 1 aromatic carbocycles. The molecule has 1 saturated carbocycles. The quantitative estimate of drug-likeness (QED) is 0.525. The summed E-state index contributed by atoms with van der Waals surface area (Å²) in [6.45, 7) is 0.742. The minimum absolute atomic E-state index is 0. The standard InChI is InChI=1S/C20H20N4O2.ClH/c25-20(21-16-8-9-16)13-24-10-4-5-15(12-24)19-11-17(22-23-19)14-26-18-6-2-1-3-7-18;/h1-7,10-12,16H,8-9,13-14H2,(H-,21,22,23,25);1H. The van der Waals surface area contributed by atoms with Crippen molar-refractivity contribution in [2.75, 3.05) is 0 Å². The molecule has 1 aliphatic rings. The largest absolute Gasteiger partial charge is 1.00 e. The maximum absolute atomic E-state index is 12.0. The fourth-order valence-electron chi connectivity index (χ4n) is 2.70. The van der Waals surface area contributed by atoms with Crippen molar-refractivity contribution in [1.29, 1.82) is 0 Å². The van der Waals surface area contributed by atoms with Crippen molar-refractivity contribution in [3.8, 4) is 17.0 Å². The van der Waals surface area contributed by atoms with Gasteiger partial charge >= 0.3 is 0 Å². The molecular formula is C20H21ClN4O2. The van der Waals surface area contributed by atoms with Crippen molar-refractivity contribution in [2.24, 2.45) is 0 Å². The molecule has 2 heterocycles. The van der Waals surface area contributed by atoms with E-state index in [0.717, 1.165) is 35.5 Å². The highest BCUT2D eigenvalue weighted by molar-refractivity contribution is 5.75. The van der Waals surface area contributed by atoms with Gasteiger partial charge < -0.3 is 22.5 Å². The molecule has 2 aromatic heterocycles. The molecule has 0 bridgehead atoms. The number of H-pyrrole nitrogens is 1. The molecule has 7 heteroatoms. The molecule has 27 heavy (non-hydrogen) atoms. The lowest BCUT2D eigenvalue weighted by Crippen LogP contribution is -3.00. The number of nitrogens with one attached hydrogen (secondary N) is 2. The Kier molecular flexibility index (Phi) is 6.08. The van der Waals surface area contributed by atoms with Gasteiger partial charge in [-0.2, -0.15) is 9.67 Å². The normalized spacial score (nSPS) is 12.9. The fourth-order valence-corrected chi connectivity index (χ4v) is 2.70. The molecule has 1 amide bonds. The first-order valence-electron chi connectivity index (χ1n) is 8.77. The summed E-state index contributed by atoms with van der Waals surface area (Å²) in [4.78, 5) is 12.0. The number of pyridine rings is 1. The molecule has 0 unspecified atom stereocenters. The molecule has 1 aliphatic carbocycles. The number of carbonyl (C=O) groups excluding carboxylic acids is 1. The van der Waals surface area contributed by atoms with Crippen LogP contribution >= 0.6 is 0 Å². The van der Waals surface area contributed by atoms with Gasteiger partial charge in [-0.25, -0.2) is 0 Å². The summed E-state index contributed by atoms with van der Waals surface area (Å²) in [5.74, 6) is 0.872. The molecule has 0 atom stereocenters. The fraction of sp³-hybridized carbons (Fsp3) is 0.250. The molecular weight excluding hydrogens is 364 g/mol. The first kappa shape index (κ1) is 18.9. The van der Waals surface area contributed by atoms with Gasteiger partial charge in [0.15, 0.2) is 12.4 Å². The van der Waals surface area contributed by atoms with E-state index in [1.54, 1.807) is 0 Å². The first-order valence-corrected chi connectivity index (χ1v) is 8.77. The van der Waals surface area contributed by atoms with Gasteiger partial charge in [0.1, 0.15) is 12.4 Å². The first-order chi connectivity index (χ1) is 12.8. The Bertz CT molecular complexity index is 894. The van der Waals surface area contributed by atoms with E-state index in [1.165, 1.54) is 0 Å². The van der Waals surface area contributed by atoms with Gasteiger partial charge in [-0.3, -0.25) is 9.89 Å². The van der Waals surface area contributed by atoms with Gasteiger partial charge in [0.05, 0.1) is 17.0 Å². The molecule has 1 fully saturated rings.